The molecule has 2 aromatic rings. The van der Waals surface area contributed by atoms with Gasteiger partial charge < -0.3 is 9.47 Å². The molecule has 0 unspecified atom stereocenters. The predicted molar refractivity (Wildman–Crippen MR) is 93.7 cm³/mol. The maximum Gasteiger partial charge on any atom is 0.185 e. The summed E-state index contributed by atoms with van der Waals surface area (Å²) in [5.41, 5.74) is 1.75. The van der Waals surface area contributed by atoms with E-state index in [-0.39, 0.29) is 5.78 Å². The first kappa shape index (κ1) is 17.6. The molecule has 0 saturated heterocycles. The first-order chi connectivity index (χ1) is 11.6. The predicted octanol–water partition coefficient (Wildman–Crippen LogP) is 4.52. The van der Waals surface area contributed by atoms with Gasteiger partial charge in [-0.2, -0.15) is 5.26 Å². The fourth-order valence-corrected chi connectivity index (χ4v) is 2.42. The lowest BCUT2D eigenvalue weighted by atomic mass is 10.1. The summed E-state index contributed by atoms with van der Waals surface area (Å²) in [5, 5.41) is 9.19. The van der Waals surface area contributed by atoms with Crippen LogP contribution in [0.15, 0.2) is 42.5 Å². The van der Waals surface area contributed by atoms with Gasteiger partial charge in [-0.25, -0.2) is 0 Å². The minimum absolute atomic E-state index is 0.163. The number of methoxy groups -OCH3 is 1. The van der Waals surface area contributed by atoms with E-state index in [2.05, 4.69) is 0 Å². The molecule has 24 heavy (non-hydrogen) atoms. The number of nitrogens with zero attached hydrogens (tertiary/aromatic N) is 1. The standard InChI is InChI=1S/C19H16ClNO3/c1-3-24-18-11-14(10-16(20)19(18)23-2)6-9-17(22)15-7-4-13(12-21)5-8-15/h4-11H,3H2,1-2H3/b9-6+. The van der Waals surface area contributed by atoms with Crippen molar-refractivity contribution in [3.63, 3.8) is 0 Å². The minimum atomic E-state index is -0.163. The Morgan fingerprint density at radius 3 is 2.58 bits per heavy atom. The van der Waals surface area contributed by atoms with Gasteiger partial charge >= 0.3 is 0 Å². The molecule has 0 spiro atoms. The highest BCUT2D eigenvalue weighted by Gasteiger charge is 2.10. The number of benzene rings is 2. The van der Waals surface area contributed by atoms with Crippen LogP contribution in [0.5, 0.6) is 11.5 Å². The number of ketones is 1. The summed E-state index contributed by atoms with van der Waals surface area (Å²) in [5.74, 6) is 0.830. The van der Waals surface area contributed by atoms with E-state index in [4.69, 9.17) is 26.3 Å². The van der Waals surface area contributed by atoms with Crippen LogP contribution < -0.4 is 9.47 Å². The third kappa shape index (κ3) is 4.15. The van der Waals surface area contributed by atoms with Gasteiger partial charge in [0.2, 0.25) is 0 Å². The lowest BCUT2D eigenvalue weighted by Gasteiger charge is -2.11. The molecular weight excluding hydrogens is 326 g/mol. The Balaban J connectivity index is 2.24. The smallest absolute Gasteiger partial charge is 0.185 e. The van der Waals surface area contributed by atoms with Crippen molar-refractivity contribution < 1.29 is 14.3 Å². The van der Waals surface area contributed by atoms with Crippen LogP contribution in [-0.2, 0) is 0 Å². The molecule has 0 bridgehead atoms. The van der Waals surface area contributed by atoms with Gasteiger partial charge in [0.05, 0.1) is 30.4 Å². The zero-order valence-electron chi connectivity index (χ0n) is 13.4. The molecule has 0 aliphatic carbocycles. The van der Waals surface area contributed by atoms with Gasteiger partial charge in [0.25, 0.3) is 0 Å². The van der Waals surface area contributed by atoms with E-state index in [0.717, 1.165) is 5.56 Å². The zero-order valence-corrected chi connectivity index (χ0v) is 14.1. The first-order valence-electron chi connectivity index (χ1n) is 7.32. The quantitative estimate of drug-likeness (QED) is 0.572. The summed E-state index contributed by atoms with van der Waals surface area (Å²) >= 11 is 6.18. The Hall–Kier alpha value is -2.77. The molecule has 0 N–H and O–H groups in total. The average Bonchev–Trinajstić information content (AvgIpc) is 2.60. The van der Waals surface area contributed by atoms with Gasteiger partial charge in [-0.05, 0) is 55.0 Å². The normalized spacial score (nSPS) is 10.4. The average molecular weight is 342 g/mol. The molecule has 0 aromatic heterocycles. The Morgan fingerprint density at radius 2 is 2.00 bits per heavy atom. The van der Waals surface area contributed by atoms with Gasteiger partial charge in [0, 0.05) is 5.56 Å². The Labute approximate surface area is 145 Å². The van der Waals surface area contributed by atoms with Crippen LogP contribution in [0.4, 0.5) is 0 Å². The molecule has 0 saturated carbocycles. The fraction of sp³-hybridized carbons (Fsp3) is 0.158. The Morgan fingerprint density at radius 1 is 1.29 bits per heavy atom. The lowest BCUT2D eigenvalue weighted by Crippen LogP contribution is -1.97. The summed E-state index contributed by atoms with van der Waals surface area (Å²) in [6.45, 7) is 2.34. The minimum Gasteiger partial charge on any atom is -0.491 e. The van der Waals surface area contributed by atoms with Crippen molar-refractivity contribution in [2.75, 3.05) is 13.7 Å². The number of rotatable bonds is 6. The summed E-state index contributed by atoms with van der Waals surface area (Å²) in [6.07, 6.45) is 3.11. The SMILES string of the molecule is CCOc1cc(/C=C/C(=O)c2ccc(C#N)cc2)cc(Cl)c1OC. The van der Waals surface area contributed by atoms with Crippen molar-refractivity contribution in [1.29, 1.82) is 5.26 Å². The van der Waals surface area contributed by atoms with Crippen LogP contribution in [0.3, 0.4) is 0 Å². The van der Waals surface area contributed by atoms with Crippen molar-refractivity contribution in [3.05, 3.63) is 64.2 Å². The van der Waals surface area contributed by atoms with E-state index in [0.29, 0.717) is 34.3 Å². The molecule has 5 heteroatoms. The van der Waals surface area contributed by atoms with E-state index in [9.17, 15) is 4.79 Å². The van der Waals surface area contributed by atoms with Gasteiger partial charge in [0.1, 0.15) is 0 Å². The molecule has 0 amide bonds. The largest absolute Gasteiger partial charge is 0.491 e. The van der Waals surface area contributed by atoms with Crippen molar-refractivity contribution in [1.82, 2.24) is 0 Å². The molecule has 2 aromatic carbocycles. The third-order valence-electron chi connectivity index (χ3n) is 3.26. The lowest BCUT2D eigenvalue weighted by molar-refractivity contribution is 0.104. The maximum atomic E-state index is 12.2. The summed E-state index contributed by atoms with van der Waals surface area (Å²) in [6, 6.07) is 11.9. The number of hydrogen-bond acceptors (Lipinski definition) is 4. The molecule has 0 atom stereocenters. The van der Waals surface area contributed by atoms with Crippen LogP contribution in [0.25, 0.3) is 6.08 Å². The number of carbonyl (C=O) groups is 1. The van der Waals surface area contributed by atoms with Gasteiger partial charge in [-0.3, -0.25) is 4.79 Å². The number of carbonyl (C=O) groups excluding carboxylic acids is 1. The highest BCUT2D eigenvalue weighted by molar-refractivity contribution is 6.32. The van der Waals surface area contributed by atoms with Crippen molar-refractivity contribution in [2.45, 2.75) is 6.92 Å². The molecule has 0 aliphatic heterocycles. The monoisotopic (exact) mass is 341 g/mol. The van der Waals surface area contributed by atoms with Crippen LogP contribution in [0.1, 0.15) is 28.4 Å². The second-order valence-corrected chi connectivity index (χ2v) is 5.26. The summed E-state index contributed by atoms with van der Waals surface area (Å²) in [4.78, 5) is 12.2. The van der Waals surface area contributed by atoms with Crippen LogP contribution in [-0.4, -0.2) is 19.5 Å². The van der Waals surface area contributed by atoms with E-state index >= 15 is 0 Å². The van der Waals surface area contributed by atoms with E-state index in [1.54, 1.807) is 42.5 Å². The van der Waals surface area contributed by atoms with Crippen molar-refractivity contribution in [3.8, 4) is 17.6 Å². The van der Waals surface area contributed by atoms with E-state index < -0.39 is 0 Å². The van der Waals surface area contributed by atoms with E-state index in [1.165, 1.54) is 13.2 Å². The second kappa shape index (κ2) is 8.19. The molecule has 2 rings (SSSR count). The molecular formula is C19H16ClNO3. The number of allylic oxidation sites excluding steroid dienone is 1. The Bertz CT molecular complexity index is 805. The van der Waals surface area contributed by atoms with Gasteiger partial charge in [-0.15, -0.1) is 0 Å². The van der Waals surface area contributed by atoms with E-state index in [1.807, 2.05) is 13.0 Å². The summed E-state index contributed by atoms with van der Waals surface area (Å²) in [7, 11) is 1.52. The summed E-state index contributed by atoms with van der Waals surface area (Å²) < 4.78 is 10.7. The topological polar surface area (TPSA) is 59.3 Å². The Kier molecular flexibility index (Phi) is 6.00. The molecule has 0 fully saturated rings. The van der Waals surface area contributed by atoms with Gasteiger partial charge in [-0.1, -0.05) is 17.7 Å². The van der Waals surface area contributed by atoms with Crippen LogP contribution in [0.2, 0.25) is 5.02 Å². The molecule has 4 nitrogen and oxygen atoms in total. The third-order valence-corrected chi connectivity index (χ3v) is 3.54. The molecule has 0 heterocycles. The first-order valence-corrected chi connectivity index (χ1v) is 7.69. The number of hydrogen-bond donors (Lipinski definition) is 0. The highest BCUT2D eigenvalue weighted by atomic mass is 35.5. The highest BCUT2D eigenvalue weighted by Crippen LogP contribution is 2.36. The van der Waals surface area contributed by atoms with Crippen LogP contribution in [0, 0.1) is 11.3 Å². The molecule has 0 aliphatic rings. The number of halogens is 1. The second-order valence-electron chi connectivity index (χ2n) is 4.85. The molecule has 0 radical (unpaired) electrons. The zero-order chi connectivity index (χ0) is 17.5. The van der Waals surface area contributed by atoms with Crippen molar-refractivity contribution in [2.24, 2.45) is 0 Å². The fourth-order valence-electron chi connectivity index (χ4n) is 2.12. The van der Waals surface area contributed by atoms with Crippen LogP contribution >= 0.6 is 11.6 Å². The number of ether oxygens (including phenoxy) is 2. The van der Waals surface area contributed by atoms with Gasteiger partial charge in [0.15, 0.2) is 17.3 Å². The maximum absolute atomic E-state index is 12.2. The van der Waals surface area contributed by atoms with Crippen molar-refractivity contribution >= 4 is 23.5 Å². The molecule has 122 valence electrons. The number of nitriles is 1.